The molecule has 1 saturated carbocycles. The van der Waals surface area contributed by atoms with Crippen LogP contribution < -0.4 is 0 Å². The standard InChI is InChI=1S/C10H15N3O3/c1-11(2)8(14)5-13-9(15)6-12(10(13)16)7-3-4-7/h7H,3-6H2,1-2H3. The van der Waals surface area contributed by atoms with Crippen molar-refractivity contribution in [3.63, 3.8) is 0 Å². The number of nitrogens with zero attached hydrogens (tertiary/aromatic N) is 3. The molecule has 0 aromatic carbocycles. The minimum absolute atomic E-state index is 0.129. The van der Waals surface area contributed by atoms with Crippen LogP contribution in [0.25, 0.3) is 0 Å². The zero-order valence-corrected chi connectivity index (χ0v) is 9.47. The smallest absolute Gasteiger partial charge is 0.327 e. The number of likely N-dealkylation sites (N-methyl/N-ethyl adjacent to an activating group) is 1. The lowest BCUT2D eigenvalue weighted by Gasteiger charge is -2.18. The molecule has 6 nitrogen and oxygen atoms in total. The van der Waals surface area contributed by atoms with Crippen molar-refractivity contribution in [1.29, 1.82) is 0 Å². The van der Waals surface area contributed by atoms with Crippen molar-refractivity contribution < 1.29 is 14.4 Å². The van der Waals surface area contributed by atoms with Gasteiger partial charge in [0.2, 0.25) is 5.91 Å². The summed E-state index contributed by atoms with van der Waals surface area (Å²) >= 11 is 0. The average molecular weight is 225 g/mol. The molecule has 0 bridgehead atoms. The van der Waals surface area contributed by atoms with Crippen LogP contribution in [0.15, 0.2) is 0 Å². The van der Waals surface area contributed by atoms with Gasteiger partial charge in [-0.05, 0) is 12.8 Å². The van der Waals surface area contributed by atoms with Gasteiger partial charge in [0.1, 0.15) is 13.1 Å². The van der Waals surface area contributed by atoms with Gasteiger partial charge < -0.3 is 9.80 Å². The van der Waals surface area contributed by atoms with Crippen LogP contribution in [-0.2, 0) is 9.59 Å². The van der Waals surface area contributed by atoms with Gasteiger partial charge in [0.05, 0.1) is 0 Å². The maximum absolute atomic E-state index is 11.8. The van der Waals surface area contributed by atoms with E-state index in [1.807, 2.05) is 0 Å². The normalized spacial score (nSPS) is 20.6. The minimum atomic E-state index is -0.317. The summed E-state index contributed by atoms with van der Waals surface area (Å²) in [6, 6.07) is -0.0985. The van der Waals surface area contributed by atoms with Gasteiger partial charge in [0, 0.05) is 20.1 Å². The molecular weight excluding hydrogens is 210 g/mol. The van der Waals surface area contributed by atoms with E-state index in [-0.39, 0.29) is 37.0 Å². The molecule has 0 aromatic heterocycles. The van der Waals surface area contributed by atoms with Crippen LogP contribution in [0.5, 0.6) is 0 Å². The quantitative estimate of drug-likeness (QED) is 0.608. The van der Waals surface area contributed by atoms with Crippen molar-refractivity contribution in [2.75, 3.05) is 27.2 Å². The molecule has 0 radical (unpaired) electrons. The van der Waals surface area contributed by atoms with Crippen LogP contribution >= 0.6 is 0 Å². The maximum Gasteiger partial charge on any atom is 0.327 e. The first-order chi connectivity index (χ1) is 7.50. The zero-order valence-electron chi connectivity index (χ0n) is 9.47. The third-order valence-electron chi connectivity index (χ3n) is 2.86. The third kappa shape index (κ3) is 1.87. The molecule has 4 amide bonds. The Morgan fingerprint density at radius 1 is 1.38 bits per heavy atom. The Hall–Kier alpha value is -1.59. The van der Waals surface area contributed by atoms with Gasteiger partial charge >= 0.3 is 6.03 Å². The molecule has 0 N–H and O–H groups in total. The fraction of sp³-hybridized carbons (Fsp3) is 0.700. The van der Waals surface area contributed by atoms with E-state index in [0.717, 1.165) is 17.7 Å². The molecular formula is C10H15N3O3. The number of rotatable bonds is 3. The first kappa shape index (κ1) is 10.9. The van der Waals surface area contributed by atoms with Crippen molar-refractivity contribution in [2.45, 2.75) is 18.9 Å². The van der Waals surface area contributed by atoms with Crippen LogP contribution in [-0.4, -0.2) is 65.8 Å². The Morgan fingerprint density at radius 2 is 2.00 bits per heavy atom. The van der Waals surface area contributed by atoms with E-state index in [1.165, 1.54) is 4.90 Å². The topological polar surface area (TPSA) is 60.9 Å². The predicted molar refractivity (Wildman–Crippen MR) is 55.5 cm³/mol. The van der Waals surface area contributed by atoms with Gasteiger partial charge in [-0.2, -0.15) is 0 Å². The lowest BCUT2D eigenvalue weighted by Crippen LogP contribution is -2.41. The Morgan fingerprint density at radius 3 is 2.50 bits per heavy atom. The summed E-state index contributed by atoms with van der Waals surface area (Å²) in [5.74, 6) is -0.508. The molecule has 0 atom stereocenters. The first-order valence-electron chi connectivity index (χ1n) is 5.32. The molecule has 1 aliphatic carbocycles. The molecule has 0 spiro atoms. The molecule has 6 heteroatoms. The van der Waals surface area contributed by atoms with Gasteiger partial charge in [-0.1, -0.05) is 0 Å². The summed E-state index contributed by atoms with van der Waals surface area (Å²) in [6.45, 7) is -0.0158. The molecule has 0 unspecified atom stereocenters. The summed E-state index contributed by atoms with van der Waals surface area (Å²) in [7, 11) is 3.21. The van der Waals surface area contributed by atoms with Crippen molar-refractivity contribution in [3.8, 4) is 0 Å². The first-order valence-corrected chi connectivity index (χ1v) is 5.32. The molecule has 2 aliphatic rings. The van der Waals surface area contributed by atoms with E-state index >= 15 is 0 Å². The molecule has 2 fully saturated rings. The number of urea groups is 1. The summed E-state index contributed by atoms with van der Waals surface area (Å²) in [5.41, 5.74) is 0. The zero-order chi connectivity index (χ0) is 11.9. The van der Waals surface area contributed by atoms with Crippen molar-refractivity contribution in [3.05, 3.63) is 0 Å². The predicted octanol–water partition coefficient (Wildman–Crippen LogP) is -0.499. The highest BCUT2D eigenvalue weighted by Crippen LogP contribution is 2.30. The summed E-state index contributed by atoms with van der Waals surface area (Å²) < 4.78 is 0. The largest absolute Gasteiger partial charge is 0.347 e. The van der Waals surface area contributed by atoms with Crippen LogP contribution in [0.1, 0.15) is 12.8 Å². The van der Waals surface area contributed by atoms with Gasteiger partial charge in [-0.3, -0.25) is 14.5 Å². The highest BCUT2D eigenvalue weighted by Gasteiger charge is 2.44. The van der Waals surface area contributed by atoms with Gasteiger partial charge in [0.15, 0.2) is 0 Å². The van der Waals surface area contributed by atoms with Gasteiger partial charge in [0.25, 0.3) is 5.91 Å². The summed E-state index contributed by atoms with van der Waals surface area (Å²) in [5, 5.41) is 0. The van der Waals surface area contributed by atoms with E-state index < -0.39 is 0 Å². The van der Waals surface area contributed by atoms with Crippen LogP contribution in [0, 0.1) is 0 Å². The number of imide groups is 1. The van der Waals surface area contributed by atoms with Crippen molar-refractivity contribution in [1.82, 2.24) is 14.7 Å². The fourth-order valence-electron chi connectivity index (χ4n) is 1.66. The second-order valence-corrected chi connectivity index (χ2v) is 4.41. The third-order valence-corrected chi connectivity index (χ3v) is 2.86. The second-order valence-electron chi connectivity index (χ2n) is 4.41. The second kappa shape index (κ2) is 3.77. The number of hydrogen-bond acceptors (Lipinski definition) is 3. The Balaban J connectivity index is 2.01. The Bertz CT molecular complexity index is 349. The fourth-order valence-corrected chi connectivity index (χ4v) is 1.66. The van der Waals surface area contributed by atoms with E-state index in [1.54, 1.807) is 19.0 Å². The number of amides is 4. The van der Waals surface area contributed by atoms with Crippen molar-refractivity contribution in [2.24, 2.45) is 0 Å². The van der Waals surface area contributed by atoms with E-state index in [9.17, 15) is 14.4 Å². The lowest BCUT2D eigenvalue weighted by atomic mass is 10.4. The maximum atomic E-state index is 11.8. The van der Waals surface area contributed by atoms with Crippen LogP contribution in [0.3, 0.4) is 0 Å². The highest BCUT2D eigenvalue weighted by atomic mass is 16.2. The highest BCUT2D eigenvalue weighted by molar-refractivity contribution is 6.04. The Labute approximate surface area is 93.8 Å². The molecule has 1 saturated heterocycles. The van der Waals surface area contributed by atoms with E-state index in [2.05, 4.69) is 0 Å². The van der Waals surface area contributed by atoms with E-state index in [0.29, 0.717) is 0 Å². The van der Waals surface area contributed by atoms with Crippen LogP contribution in [0.2, 0.25) is 0 Å². The molecule has 1 heterocycles. The van der Waals surface area contributed by atoms with Crippen LogP contribution in [0.4, 0.5) is 4.79 Å². The average Bonchev–Trinajstić information content (AvgIpc) is 3.00. The number of carbonyl (C=O) groups excluding carboxylic acids is 3. The van der Waals surface area contributed by atoms with E-state index in [4.69, 9.17) is 0 Å². The summed E-state index contributed by atoms with van der Waals surface area (Å²) in [4.78, 5) is 38.8. The lowest BCUT2D eigenvalue weighted by molar-refractivity contribution is -0.134. The van der Waals surface area contributed by atoms with Gasteiger partial charge in [-0.25, -0.2) is 4.79 Å². The number of carbonyl (C=O) groups is 3. The molecule has 16 heavy (non-hydrogen) atoms. The molecule has 1 aliphatic heterocycles. The summed E-state index contributed by atoms with van der Waals surface area (Å²) in [6.07, 6.45) is 1.93. The SMILES string of the molecule is CN(C)C(=O)CN1C(=O)CN(C2CC2)C1=O. The monoisotopic (exact) mass is 225 g/mol. The Kier molecular flexibility index (Phi) is 2.57. The van der Waals surface area contributed by atoms with Crippen molar-refractivity contribution >= 4 is 17.8 Å². The molecule has 2 rings (SSSR count). The minimum Gasteiger partial charge on any atom is -0.347 e. The molecule has 88 valence electrons. The molecule has 0 aromatic rings. The number of hydrogen-bond donors (Lipinski definition) is 0. The van der Waals surface area contributed by atoms with Gasteiger partial charge in [-0.15, -0.1) is 0 Å².